The Hall–Kier alpha value is -3.69. The third kappa shape index (κ3) is 6.97. The highest BCUT2D eigenvalue weighted by molar-refractivity contribution is 7.92. The quantitative estimate of drug-likeness (QED) is 0.214. The third-order valence-electron chi connectivity index (χ3n) is 7.92. The first-order valence-electron chi connectivity index (χ1n) is 14.2. The molecule has 0 heterocycles. The summed E-state index contributed by atoms with van der Waals surface area (Å²) in [4.78, 5) is 0. The van der Waals surface area contributed by atoms with Gasteiger partial charge in [-0.15, -0.1) is 0 Å². The number of hydrogen-bond donors (Lipinski definition) is 0. The van der Waals surface area contributed by atoms with Crippen LogP contribution in [0.15, 0.2) is 84.9 Å². The van der Waals surface area contributed by atoms with Crippen molar-refractivity contribution in [2.45, 2.75) is 65.9 Å². The lowest BCUT2D eigenvalue weighted by Gasteiger charge is -2.24. The monoisotopic (exact) mass is 562 g/mol. The highest BCUT2D eigenvalue weighted by Gasteiger charge is 2.35. The smallest absolute Gasteiger partial charge is 0.171 e. The maximum atomic E-state index is 14.9. The van der Waals surface area contributed by atoms with E-state index in [0.717, 1.165) is 55.6 Å². The highest BCUT2D eigenvalue weighted by atomic mass is 32.2. The summed E-state index contributed by atoms with van der Waals surface area (Å²) < 4.78 is 29.8. The summed E-state index contributed by atoms with van der Waals surface area (Å²) in [6.45, 7) is 16.4. The standard InChI is InChI=1S/C38H42O2S/c1-25-9-13-33(29(5)21-25)15-19-37(35-17-11-27(3)23-31(35)7)41(39,40)38(36-18-12-28(4)24-32(36)8)20-16-34-14-10-26(2)22-30(34)6/h9-24,37-38H,1-8H3. The van der Waals surface area contributed by atoms with Gasteiger partial charge in [-0.05, 0) is 99.9 Å². The van der Waals surface area contributed by atoms with Crippen molar-refractivity contribution in [1.82, 2.24) is 0 Å². The number of benzene rings is 4. The molecule has 0 aliphatic heterocycles. The fraction of sp³-hybridized carbons (Fsp3) is 0.263. The van der Waals surface area contributed by atoms with Crippen LogP contribution in [0, 0.1) is 55.4 Å². The molecule has 2 unspecified atom stereocenters. The van der Waals surface area contributed by atoms with Crippen molar-refractivity contribution in [1.29, 1.82) is 0 Å². The lowest BCUT2D eigenvalue weighted by atomic mass is 10.0. The fourth-order valence-electron chi connectivity index (χ4n) is 5.64. The van der Waals surface area contributed by atoms with Crippen LogP contribution in [0.25, 0.3) is 12.2 Å². The van der Waals surface area contributed by atoms with E-state index in [-0.39, 0.29) is 0 Å². The van der Waals surface area contributed by atoms with Crippen molar-refractivity contribution in [2.24, 2.45) is 0 Å². The van der Waals surface area contributed by atoms with E-state index in [0.29, 0.717) is 0 Å². The third-order valence-corrected chi connectivity index (χ3v) is 10.2. The maximum Gasteiger partial charge on any atom is 0.171 e. The van der Waals surface area contributed by atoms with Gasteiger partial charge in [0.15, 0.2) is 9.84 Å². The molecule has 4 aromatic carbocycles. The van der Waals surface area contributed by atoms with E-state index >= 15 is 0 Å². The van der Waals surface area contributed by atoms with Gasteiger partial charge in [-0.1, -0.05) is 119 Å². The number of hydrogen-bond acceptors (Lipinski definition) is 2. The summed E-state index contributed by atoms with van der Waals surface area (Å²) in [6.07, 6.45) is 7.71. The topological polar surface area (TPSA) is 34.1 Å². The molecule has 0 aromatic heterocycles. The van der Waals surface area contributed by atoms with E-state index in [1.165, 1.54) is 11.1 Å². The SMILES string of the molecule is Cc1ccc(C=CC(c2ccc(C)cc2C)S(=O)(=O)C(C=Cc2ccc(C)cc2C)c2ccc(C)cc2C)c(C)c1. The molecule has 4 aromatic rings. The molecule has 0 aliphatic carbocycles. The summed E-state index contributed by atoms with van der Waals surface area (Å²) in [6, 6.07) is 24.6. The van der Waals surface area contributed by atoms with E-state index in [1.807, 2.05) is 76.3 Å². The van der Waals surface area contributed by atoms with E-state index in [9.17, 15) is 8.42 Å². The van der Waals surface area contributed by atoms with Crippen LogP contribution >= 0.6 is 0 Å². The van der Waals surface area contributed by atoms with Gasteiger partial charge in [-0.3, -0.25) is 0 Å². The van der Waals surface area contributed by atoms with E-state index in [1.54, 1.807) is 0 Å². The Bertz CT molecular complexity index is 1620. The molecule has 2 atom stereocenters. The molecule has 0 fully saturated rings. The summed E-state index contributed by atoms with van der Waals surface area (Å²) in [5, 5.41) is -1.64. The molecule has 0 saturated carbocycles. The zero-order valence-corrected chi connectivity index (χ0v) is 26.4. The Morgan fingerprint density at radius 1 is 0.463 bits per heavy atom. The molecule has 0 amide bonds. The van der Waals surface area contributed by atoms with Gasteiger partial charge < -0.3 is 0 Å². The second kappa shape index (κ2) is 12.4. The molecule has 0 radical (unpaired) electrons. The maximum absolute atomic E-state index is 14.9. The van der Waals surface area contributed by atoms with Gasteiger partial charge in [0.1, 0.15) is 10.5 Å². The van der Waals surface area contributed by atoms with Crippen LogP contribution in [0.4, 0.5) is 0 Å². The van der Waals surface area contributed by atoms with Gasteiger partial charge in [0.05, 0.1) is 0 Å². The normalized spacial score (nSPS) is 13.7. The van der Waals surface area contributed by atoms with Crippen LogP contribution in [0.3, 0.4) is 0 Å². The van der Waals surface area contributed by atoms with Crippen molar-refractivity contribution in [2.75, 3.05) is 0 Å². The Morgan fingerprint density at radius 3 is 1.10 bits per heavy atom. The van der Waals surface area contributed by atoms with Gasteiger partial charge in [-0.25, -0.2) is 8.42 Å². The first kappa shape index (κ1) is 30.3. The van der Waals surface area contributed by atoms with E-state index in [2.05, 4.69) is 76.2 Å². The van der Waals surface area contributed by atoms with Gasteiger partial charge in [0.2, 0.25) is 0 Å². The van der Waals surface area contributed by atoms with Crippen LogP contribution in [-0.2, 0) is 9.84 Å². The first-order valence-corrected chi connectivity index (χ1v) is 15.9. The summed E-state index contributed by atoms with van der Waals surface area (Å²) in [7, 11) is -3.80. The number of sulfone groups is 1. The Morgan fingerprint density at radius 2 is 0.780 bits per heavy atom. The molecular weight excluding hydrogens is 520 g/mol. The molecule has 0 N–H and O–H groups in total. The second-order valence-electron chi connectivity index (χ2n) is 11.6. The van der Waals surface area contributed by atoms with E-state index < -0.39 is 20.3 Å². The zero-order valence-electron chi connectivity index (χ0n) is 25.6. The van der Waals surface area contributed by atoms with Crippen LogP contribution in [-0.4, -0.2) is 8.42 Å². The van der Waals surface area contributed by atoms with Gasteiger partial charge in [0.25, 0.3) is 0 Å². The van der Waals surface area contributed by atoms with Gasteiger partial charge in [0, 0.05) is 0 Å². The number of rotatable bonds is 8. The Labute approximate surface area is 247 Å². The average molecular weight is 563 g/mol. The van der Waals surface area contributed by atoms with Gasteiger partial charge in [-0.2, -0.15) is 0 Å². The van der Waals surface area contributed by atoms with E-state index in [4.69, 9.17) is 0 Å². The molecule has 212 valence electrons. The minimum Gasteiger partial charge on any atom is -0.227 e. The molecule has 0 saturated heterocycles. The minimum atomic E-state index is -3.80. The number of aryl methyl sites for hydroxylation is 8. The van der Waals surface area contributed by atoms with Crippen molar-refractivity contribution in [3.05, 3.63) is 152 Å². The van der Waals surface area contributed by atoms with Crippen LogP contribution in [0.2, 0.25) is 0 Å². The van der Waals surface area contributed by atoms with Crippen LogP contribution in [0.5, 0.6) is 0 Å². The predicted molar refractivity (Wildman–Crippen MR) is 176 cm³/mol. The molecule has 2 nitrogen and oxygen atoms in total. The summed E-state index contributed by atoms with van der Waals surface area (Å²) >= 11 is 0. The molecule has 0 bridgehead atoms. The fourth-order valence-corrected chi connectivity index (χ4v) is 7.78. The lowest BCUT2D eigenvalue weighted by Crippen LogP contribution is -2.20. The Balaban J connectivity index is 1.92. The predicted octanol–water partition coefficient (Wildman–Crippen LogP) is 9.78. The molecule has 4 rings (SSSR count). The van der Waals surface area contributed by atoms with Crippen LogP contribution < -0.4 is 0 Å². The van der Waals surface area contributed by atoms with Crippen molar-refractivity contribution in [3.63, 3.8) is 0 Å². The Kier molecular flexibility index (Phi) is 9.19. The van der Waals surface area contributed by atoms with Crippen molar-refractivity contribution >= 4 is 22.0 Å². The largest absolute Gasteiger partial charge is 0.227 e. The van der Waals surface area contributed by atoms with Gasteiger partial charge >= 0.3 is 0 Å². The minimum absolute atomic E-state index is 0.811. The van der Waals surface area contributed by atoms with Crippen LogP contribution in [0.1, 0.15) is 77.3 Å². The summed E-state index contributed by atoms with van der Waals surface area (Å²) in [5.41, 5.74) is 12.5. The molecule has 0 spiro atoms. The molecular formula is C38H42O2S. The average Bonchev–Trinajstić information content (AvgIpc) is 2.88. The van der Waals surface area contributed by atoms with Crippen molar-refractivity contribution < 1.29 is 8.42 Å². The molecule has 41 heavy (non-hydrogen) atoms. The lowest BCUT2D eigenvalue weighted by molar-refractivity contribution is 0.584. The highest BCUT2D eigenvalue weighted by Crippen LogP contribution is 2.40. The summed E-state index contributed by atoms with van der Waals surface area (Å²) in [5.74, 6) is 0. The van der Waals surface area contributed by atoms with Crippen molar-refractivity contribution in [3.8, 4) is 0 Å². The molecule has 3 heteroatoms. The first-order chi connectivity index (χ1) is 19.4. The molecule has 0 aliphatic rings. The second-order valence-corrected chi connectivity index (χ2v) is 13.8. The zero-order chi connectivity index (χ0) is 29.9.